The minimum atomic E-state index is -0.198. The highest BCUT2D eigenvalue weighted by molar-refractivity contribution is 7.12. The standard InChI is InChI=1S/C18H22N4O2S.ClH/c23-17(20-9-12-22-10-7-19-8-11-22)14-4-1-2-5-15(14)21-18(24)16-6-3-13-25-16;/h1-6,13,19H,7-12H2,(H,20,23)(H,21,24);1H. The number of thiophene rings is 1. The van der Waals surface area contributed by atoms with E-state index in [0.29, 0.717) is 22.7 Å². The Morgan fingerprint density at radius 1 is 1.08 bits per heavy atom. The SMILES string of the molecule is Cl.O=C(Nc1ccccc1C(=O)NCCN1CCNCC1)c1cccs1. The van der Waals surface area contributed by atoms with Crippen LogP contribution in [0.1, 0.15) is 20.0 Å². The molecule has 3 rings (SSSR count). The lowest BCUT2D eigenvalue weighted by atomic mass is 10.1. The van der Waals surface area contributed by atoms with Gasteiger partial charge in [0.1, 0.15) is 0 Å². The van der Waals surface area contributed by atoms with Gasteiger partial charge in [-0.3, -0.25) is 14.5 Å². The molecular formula is C18H23ClN4O2S. The Labute approximate surface area is 163 Å². The zero-order valence-corrected chi connectivity index (χ0v) is 16.0. The average Bonchev–Trinajstić information content (AvgIpc) is 3.18. The summed E-state index contributed by atoms with van der Waals surface area (Å²) in [6, 6.07) is 10.7. The Morgan fingerprint density at radius 2 is 1.85 bits per heavy atom. The number of nitrogens with one attached hydrogen (secondary N) is 3. The van der Waals surface area contributed by atoms with Crippen LogP contribution in [0.4, 0.5) is 5.69 Å². The summed E-state index contributed by atoms with van der Waals surface area (Å²) in [6.07, 6.45) is 0. The molecule has 1 aromatic heterocycles. The Hall–Kier alpha value is -1.93. The molecule has 2 amide bonds. The third-order valence-corrected chi connectivity index (χ3v) is 4.96. The van der Waals surface area contributed by atoms with Crippen molar-refractivity contribution in [2.24, 2.45) is 0 Å². The number of para-hydroxylation sites is 1. The summed E-state index contributed by atoms with van der Waals surface area (Å²) in [7, 11) is 0. The van der Waals surface area contributed by atoms with E-state index in [-0.39, 0.29) is 24.2 Å². The van der Waals surface area contributed by atoms with E-state index in [2.05, 4.69) is 20.9 Å². The topological polar surface area (TPSA) is 73.5 Å². The fourth-order valence-electron chi connectivity index (χ4n) is 2.74. The number of anilines is 1. The van der Waals surface area contributed by atoms with Crippen molar-refractivity contribution in [1.82, 2.24) is 15.5 Å². The predicted octanol–water partition coefficient (Wildman–Crippen LogP) is 2.06. The summed E-state index contributed by atoms with van der Waals surface area (Å²) in [5.74, 6) is -0.367. The Bertz CT molecular complexity index is 718. The molecule has 1 saturated heterocycles. The molecule has 1 aliphatic heterocycles. The lowest BCUT2D eigenvalue weighted by Gasteiger charge is -2.27. The van der Waals surface area contributed by atoms with Gasteiger partial charge in [0.2, 0.25) is 0 Å². The van der Waals surface area contributed by atoms with E-state index in [4.69, 9.17) is 0 Å². The number of amides is 2. The van der Waals surface area contributed by atoms with Gasteiger partial charge in [-0.15, -0.1) is 23.7 Å². The van der Waals surface area contributed by atoms with Gasteiger partial charge in [0, 0.05) is 39.3 Å². The molecule has 0 radical (unpaired) electrons. The van der Waals surface area contributed by atoms with Crippen LogP contribution in [0.5, 0.6) is 0 Å². The van der Waals surface area contributed by atoms with E-state index < -0.39 is 0 Å². The lowest BCUT2D eigenvalue weighted by Crippen LogP contribution is -2.46. The maximum atomic E-state index is 12.5. The van der Waals surface area contributed by atoms with E-state index in [1.165, 1.54) is 11.3 Å². The summed E-state index contributed by atoms with van der Waals surface area (Å²) in [4.78, 5) is 27.7. The van der Waals surface area contributed by atoms with Crippen molar-refractivity contribution in [1.29, 1.82) is 0 Å². The highest BCUT2D eigenvalue weighted by Crippen LogP contribution is 2.17. The normalized spacial score (nSPS) is 14.3. The molecule has 8 heteroatoms. The smallest absolute Gasteiger partial charge is 0.265 e. The Kier molecular flexibility index (Phi) is 8.06. The van der Waals surface area contributed by atoms with Crippen molar-refractivity contribution in [3.05, 3.63) is 52.2 Å². The predicted molar refractivity (Wildman–Crippen MR) is 108 cm³/mol. The number of nitrogens with zero attached hydrogens (tertiary/aromatic N) is 1. The summed E-state index contributed by atoms with van der Waals surface area (Å²) >= 11 is 1.37. The van der Waals surface area contributed by atoms with Crippen molar-refractivity contribution in [3.63, 3.8) is 0 Å². The third kappa shape index (κ3) is 5.54. The first-order valence-corrected chi connectivity index (χ1v) is 9.27. The first kappa shape index (κ1) is 20.4. The second-order valence-corrected chi connectivity index (χ2v) is 6.77. The van der Waals surface area contributed by atoms with Crippen molar-refractivity contribution >= 4 is 41.2 Å². The van der Waals surface area contributed by atoms with Crippen LogP contribution in [0.25, 0.3) is 0 Å². The van der Waals surface area contributed by atoms with Gasteiger partial charge in [-0.2, -0.15) is 0 Å². The highest BCUT2D eigenvalue weighted by Gasteiger charge is 2.15. The lowest BCUT2D eigenvalue weighted by molar-refractivity contribution is 0.0948. The zero-order valence-electron chi connectivity index (χ0n) is 14.4. The molecule has 2 aromatic rings. The molecule has 1 aromatic carbocycles. The van der Waals surface area contributed by atoms with Crippen molar-refractivity contribution in [2.75, 3.05) is 44.6 Å². The second kappa shape index (κ2) is 10.3. The zero-order chi connectivity index (χ0) is 17.5. The summed E-state index contributed by atoms with van der Waals surface area (Å²) in [5.41, 5.74) is 1.01. The third-order valence-electron chi connectivity index (χ3n) is 4.09. The van der Waals surface area contributed by atoms with Crippen LogP contribution in [-0.4, -0.2) is 56.0 Å². The Morgan fingerprint density at radius 3 is 2.58 bits per heavy atom. The van der Waals surface area contributed by atoms with E-state index >= 15 is 0 Å². The van der Waals surface area contributed by atoms with E-state index in [9.17, 15) is 9.59 Å². The number of carbonyl (C=O) groups excluding carboxylic acids is 2. The van der Waals surface area contributed by atoms with Gasteiger partial charge in [0.05, 0.1) is 16.1 Å². The number of benzene rings is 1. The first-order chi connectivity index (χ1) is 12.2. The monoisotopic (exact) mass is 394 g/mol. The highest BCUT2D eigenvalue weighted by atomic mass is 35.5. The van der Waals surface area contributed by atoms with Crippen LogP contribution >= 0.6 is 23.7 Å². The average molecular weight is 395 g/mol. The second-order valence-electron chi connectivity index (χ2n) is 5.82. The number of hydrogen-bond donors (Lipinski definition) is 3. The number of hydrogen-bond acceptors (Lipinski definition) is 5. The van der Waals surface area contributed by atoms with Gasteiger partial charge >= 0.3 is 0 Å². The van der Waals surface area contributed by atoms with Gasteiger partial charge < -0.3 is 16.0 Å². The van der Waals surface area contributed by atoms with Gasteiger partial charge in [0.25, 0.3) is 11.8 Å². The van der Waals surface area contributed by atoms with Gasteiger partial charge in [-0.05, 0) is 23.6 Å². The van der Waals surface area contributed by atoms with Crippen LogP contribution in [0.2, 0.25) is 0 Å². The van der Waals surface area contributed by atoms with Gasteiger partial charge in [-0.1, -0.05) is 18.2 Å². The van der Waals surface area contributed by atoms with Gasteiger partial charge in [0.15, 0.2) is 0 Å². The molecule has 1 fully saturated rings. The molecule has 3 N–H and O–H groups in total. The number of rotatable bonds is 6. The van der Waals surface area contributed by atoms with Crippen LogP contribution < -0.4 is 16.0 Å². The van der Waals surface area contributed by atoms with Crippen LogP contribution in [-0.2, 0) is 0 Å². The molecule has 0 bridgehead atoms. The number of halogens is 1. The maximum Gasteiger partial charge on any atom is 0.265 e. The molecule has 0 atom stereocenters. The molecule has 2 heterocycles. The Balaban J connectivity index is 0.00000243. The molecule has 0 saturated carbocycles. The van der Waals surface area contributed by atoms with Crippen LogP contribution in [0.3, 0.4) is 0 Å². The quantitative estimate of drug-likeness (QED) is 0.701. The van der Waals surface area contributed by atoms with E-state index in [0.717, 1.165) is 32.7 Å². The summed E-state index contributed by atoms with van der Waals surface area (Å²) in [6.45, 7) is 5.41. The van der Waals surface area contributed by atoms with Crippen LogP contribution in [0, 0.1) is 0 Å². The molecule has 1 aliphatic rings. The molecule has 140 valence electrons. The van der Waals surface area contributed by atoms with E-state index in [1.807, 2.05) is 17.5 Å². The van der Waals surface area contributed by atoms with Crippen LogP contribution in [0.15, 0.2) is 41.8 Å². The molecule has 0 aliphatic carbocycles. The van der Waals surface area contributed by atoms with Crippen molar-refractivity contribution in [3.8, 4) is 0 Å². The van der Waals surface area contributed by atoms with E-state index in [1.54, 1.807) is 24.3 Å². The van der Waals surface area contributed by atoms with Crippen molar-refractivity contribution < 1.29 is 9.59 Å². The minimum Gasteiger partial charge on any atom is -0.351 e. The number of carbonyl (C=O) groups is 2. The summed E-state index contributed by atoms with van der Waals surface area (Å²) < 4.78 is 0. The molecule has 0 unspecified atom stereocenters. The maximum absolute atomic E-state index is 12.5. The fourth-order valence-corrected chi connectivity index (χ4v) is 3.36. The largest absolute Gasteiger partial charge is 0.351 e. The summed E-state index contributed by atoms with van der Waals surface area (Å²) in [5, 5.41) is 10.9. The fraction of sp³-hybridized carbons (Fsp3) is 0.333. The van der Waals surface area contributed by atoms with Gasteiger partial charge in [-0.25, -0.2) is 0 Å². The van der Waals surface area contributed by atoms with Crippen molar-refractivity contribution in [2.45, 2.75) is 0 Å². The molecule has 6 nitrogen and oxygen atoms in total. The molecule has 0 spiro atoms. The number of piperazine rings is 1. The minimum absolute atomic E-state index is 0. The first-order valence-electron chi connectivity index (χ1n) is 8.39. The molecular weight excluding hydrogens is 372 g/mol. The molecule has 26 heavy (non-hydrogen) atoms.